The predicted octanol–water partition coefficient (Wildman–Crippen LogP) is 4.74. The lowest BCUT2D eigenvalue weighted by Crippen LogP contribution is -2.31. The Morgan fingerprint density at radius 3 is 2.48 bits per heavy atom. The first kappa shape index (κ1) is 16.2. The lowest BCUT2D eigenvalue weighted by molar-refractivity contribution is -0.118. The fraction of sp³-hybridized carbons (Fsp3) is 0.409. The third kappa shape index (κ3) is 2.92. The summed E-state index contributed by atoms with van der Waals surface area (Å²) in [7, 11) is 0. The largest absolute Gasteiger partial charge is 0.381 e. The first-order chi connectivity index (χ1) is 11.9. The molecule has 130 valence electrons. The zero-order valence-electron chi connectivity index (χ0n) is 15.2. The number of hydrogen-bond donors (Lipinski definition) is 2. The van der Waals surface area contributed by atoms with E-state index in [1.165, 1.54) is 11.3 Å². The Hall–Kier alpha value is -2.29. The molecular formula is C22H26N2O. The molecule has 2 aromatic carbocycles. The van der Waals surface area contributed by atoms with E-state index in [0.717, 1.165) is 30.5 Å². The summed E-state index contributed by atoms with van der Waals surface area (Å²) in [4.78, 5) is 12.9. The maximum atomic E-state index is 12.9. The summed E-state index contributed by atoms with van der Waals surface area (Å²) in [6.07, 6.45) is 2.87. The van der Waals surface area contributed by atoms with Gasteiger partial charge in [0.2, 0.25) is 5.91 Å². The van der Waals surface area contributed by atoms with Crippen LogP contribution in [-0.2, 0) is 16.6 Å². The normalized spacial score (nSPS) is 20.5. The number of amides is 1. The molecule has 25 heavy (non-hydrogen) atoms. The molecule has 4 rings (SSSR count). The Balaban J connectivity index is 1.51. The number of benzene rings is 2. The summed E-state index contributed by atoms with van der Waals surface area (Å²) in [6, 6.07) is 16.8. The van der Waals surface area contributed by atoms with Gasteiger partial charge in [0.05, 0.1) is 5.41 Å². The molecule has 1 atom stereocenters. The van der Waals surface area contributed by atoms with E-state index in [9.17, 15) is 4.79 Å². The first-order valence-electron chi connectivity index (χ1n) is 9.15. The minimum Gasteiger partial charge on any atom is -0.381 e. The number of carbonyl (C=O) groups is 1. The molecule has 0 radical (unpaired) electrons. The molecule has 1 unspecified atom stereocenters. The zero-order valence-corrected chi connectivity index (χ0v) is 15.2. The van der Waals surface area contributed by atoms with E-state index in [0.29, 0.717) is 6.04 Å². The summed E-state index contributed by atoms with van der Waals surface area (Å²) in [5.41, 5.74) is 4.41. The van der Waals surface area contributed by atoms with Crippen LogP contribution in [0.3, 0.4) is 0 Å². The number of carbonyl (C=O) groups excluding carboxylic acids is 1. The maximum Gasteiger partial charge on any atom is 0.235 e. The minimum absolute atomic E-state index is 0.122. The summed E-state index contributed by atoms with van der Waals surface area (Å²) >= 11 is 0. The van der Waals surface area contributed by atoms with E-state index in [-0.39, 0.29) is 16.7 Å². The number of fused-ring (bicyclic) bond motifs is 1. The van der Waals surface area contributed by atoms with Crippen LogP contribution in [0.15, 0.2) is 48.5 Å². The lowest BCUT2D eigenvalue weighted by atomic mass is 9.85. The number of hydrogen-bond acceptors (Lipinski definition) is 2. The van der Waals surface area contributed by atoms with Crippen LogP contribution in [0.5, 0.6) is 0 Å². The highest BCUT2D eigenvalue weighted by atomic mass is 16.2. The molecule has 1 amide bonds. The molecule has 0 bridgehead atoms. The average Bonchev–Trinajstić information content (AvgIpc) is 3.28. The average molecular weight is 334 g/mol. The fourth-order valence-electron chi connectivity index (χ4n) is 3.74. The van der Waals surface area contributed by atoms with Gasteiger partial charge in [0, 0.05) is 17.4 Å². The van der Waals surface area contributed by atoms with Crippen LogP contribution in [-0.4, -0.2) is 11.9 Å². The van der Waals surface area contributed by atoms with E-state index in [4.69, 9.17) is 0 Å². The Bertz CT molecular complexity index is 801. The van der Waals surface area contributed by atoms with E-state index in [1.54, 1.807) is 0 Å². The second-order valence-corrected chi connectivity index (χ2v) is 8.54. The van der Waals surface area contributed by atoms with Gasteiger partial charge >= 0.3 is 0 Å². The van der Waals surface area contributed by atoms with Crippen LogP contribution in [0, 0.1) is 5.41 Å². The SMILES string of the molecule is CC(C)(C)C1Cc2cc(NC(=O)C3(c4ccccc4)CC3)ccc2N1. The molecule has 3 nitrogen and oxygen atoms in total. The van der Waals surface area contributed by atoms with Crippen molar-refractivity contribution in [2.75, 3.05) is 10.6 Å². The van der Waals surface area contributed by atoms with Gasteiger partial charge in [-0.05, 0) is 54.0 Å². The molecule has 2 aromatic rings. The maximum absolute atomic E-state index is 12.9. The highest BCUT2D eigenvalue weighted by Gasteiger charge is 2.51. The van der Waals surface area contributed by atoms with Crippen LogP contribution in [0.2, 0.25) is 0 Å². The summed E-state index contributed by atoms with van der Waals surface area (Å²) < 4.78 is 0. The number of rotatable bonds is 3. The van der Waals surface area contributed by atoms with Crippen LogP contribution >= 0.6 is 0 Å². The molecule has 2 N–H and O–H groups in total. The van der Waals surface area contributed by atoms with Gasteiger partial charge in [0.1, 0.15) is 0 Å². The number of nitrogens with one attached hydrogen (secondary N) is 2. The second kappa shape index (κ2) is 5.62. The van der Waals surface area contributed by atoms with Crippen molar-refractivity contribution in [3.8, 4) is 0 Å². The van der Waals surface area contributed by atoms with Gasteiger partial charge in [-0.15, -0.1) is 0 Å². The standard InChI is InChI=1S/C22H26N2O/c1-21(2,3)19-14-15-13-17(9-10-18(15)24-19)23-20(25)22(11-12-22)16-7-5-4-6-8-16/h4-10,13,19,24H,11-12,14H2,1-3H3,(H,23,25). The summed E-state index contributed by atoms with van der Waals surface area (Å²) in [5, 5.41) is 6.77. The molecule has 1 aliphatic heterocycles. The predicted molar refractivity (Wildman–Crippen MR) is 103 cm³/mol. The lowest BCUT2D eigenvalue weighted by Gasteiger charge is -2.27. The van der Waals surface area contributed by atoms with Gasteiger partial charge in [-0.1, -0.05) is 51.1 Å². The summed E-state index contributed by atoms with van der Waals surface area (Å²) in [6.45, 7) is 6.78. The van der Waals surface area contributed by atoms with E-state index in [1.807, 2.05) is 24.3 Å². The van der Waals surface area contributed by atoms with Crippen LogP contribution in [0.4, 0.5) is 11.4 Å². The molecule has 2 aliphatic rings. The molecule has 0 aromatic heterocycles. The quantitative estimate of drug-likeness (QED) is 0.851. The van der Waals surface area contributed by atoms with Gasteiger partial charge in [-0.25, -0.2) is 0 Å². The molecule has 0 saturated heterocycles. The van der Waals surface area contributed by atoms with Gasteiger partial charge in [-0.2, -0.15) is 0 Å². The van der Waals surface area contributed by atoms with Crippen molar-refractivity contribution in [3.63, 3.8) is 0 Å². The Morgan fingerprint density at radius 1 is 1.12 bits per heavy atom. The van der Waals surface area contributed by atoms with Gasteiger partial charge in [-0.3, -0.25) is 4.79 Å². The van der Waals surface area contributed by atoms with Crippen molar-refractivity contribution in [1.29, 1.82) is 0 Å². The third-order valence-electron chi connectivity index (χ3n) is 5.67. The molecule has 1 fully saturated rings. The van der Waals surface area contributed by atoms with E-state index in [2.05, 4.69) is 55.7 Å². The van der Waals surface area contributed by atoms with Gasteiger partial charge in [0.25, 0.3) is 0 Å². The van der Waals surface area contributed by atoms with E-state index >= 15 is 0 Å². The minimum atomic E-state index is -0.327. The van der Waals surface area contributed by atoms with Crippen LogP contribution in [0.25, 0.3) is 0 Å². The first-order valence-corrected chi connectivity index (χ1v) is 9.15. The monoisotopic (exact) mass is 334 g/mol. The molecule has 3 heteroatoms. The molecule has 0 spiro atoms. The Kier molecular flexibility index (Phi) is 3.64. The number of anilines is 2. The Labute approximate surface area is 149 Å². The Morgan fingerprint density at radius 2 is 1.84 bits per heavy atom. The highest BCUT2D eigenvalue weighted by molar-refractivity contribution is 6.01. The molecule has 1 heterocycles. The van der Waals surface area contributed by atoms with Crippen molar-refractivity contribution in [2.45, 2.75) is 51.5 Å². The zero-order chi connectivity index (χ0) is 17.7. The van der Waals surface area contributed by atoms with Crippen molar-refractivity contribution in [2.24, 2.45) is 5.41 Å². The smallest absolute Gasteiger partial charge is 0.235 e. The topological polar surface area (TPSA) is 41.1 Å². The molecular weight excluding hydrogens is 308 g/mol. The second-order valence-electron chi connectivity index (χ2n) is 8.54. The van der Waals surface area contributed by atoms with Gasteiger partial charge < -0.3 is 10.6 Å². The third-order valence-corrected chi connectivity index (χ3v) is 5.67. The fourth-order valence-corrected chi connectivity index (χ4v) is 3.74. The van der Waals surface area contributed by atoms with Crippen LogP contribution in [0.1, 0.15) is 44.7 Å². The van der Waals surface area contributed by atoms with Crippen molar-refractivity contribution in [3.05, 3.63) is 59.7 Å². The highest BCUT2D eigenvalue weighted by Crippen LogP contribution is 2.49. The van der Waals surface area contributed by atoms with Crippen LogP contribution < -0.4 is 10.6 Å². The molecule has 1 aliphatic carbocycles. The molecule has 1 saturated carbocycles. The van der Waals surface area contributed by atoms with Gasteiger partial charge in [0.15, 0.2) is 0 Å². The summed E-state index contributed by atoms with van der Waals surface area (Å²) in [5.74, 6) is 0.122. The van der Waals surface area contributed by atoms with Crippen molar-refractivity contribution >= 4 is 17.3 Å². The van der Waals surface area contributed by atoms with Crippen molar-refractivity contribution < 1.29 is 4.79 Å². The van der Waals surface area contributed by atoms with Crippen molar-refractivity contribution in [1.82, 2.24) is 0 Å². The van der Waals surface area contributed by atoms with E-state index < -0.39 is 0 Å².